The monoisotopic (exact) mass is 702 g/mol. The van der Waals surface area contributed by atoms with Crippen LogP contribution in [-0.4, -0.2) is 26.4 Å². The lowest BCUT2D eigenvalue weighted by atomic mass is 9.84. The van der Waals surface area contributed by atoms with Crippen LogP contribution in [0.5, 0.6) is 23.0 Å². The number of hydrogen-bond donors (Lipinski definition) is 0. The van der Waals surface area contributed by atoms with E-state index < -0.39 is 0 Å². The highest BCUT2D eigenvalue weighted by Crippen LogP contribution is 2.48. The summed E-state index contributed by atoms with van der Waals surface area (Å²) in [4.78, 5) is 0. The highest BCUT2D eigenvalue weighted by Gasteiger charge is 2.22. The number of ether oxygens (including phenoxy) is 4. The van der Waals surface area contributed by atoms with Gasteiger partial charge in [0.2, 0.25) is 0 Å². The minimum Gasteiger partial charge on any atom is -0.489 e. The molecule has 4 nitrogen and oxygen atoms in total. The Morgan fingerprint density at radius 1 is 0.385 bits per heavy atom. The molecule has 52 heavy (non-hydrogen) atoms. The second kappa shape index (κ2) is 18.0. The molecule has 0 aromatic heterocycles. The number of benzene rings is 5. The van der Waals surface area contributed by atoms with Gasteiger partial charge in [-0.2, -0.15) is 0 Å². The Labute approximate surface area is 313 Å². The number of rotatable bonds is 18. The predicted molar refractivity (Wildman–Crippen MR) is 222 cm³/mol. The average Bonchev–Trinajstić information content (AvgIpc) is 3.16. The maximum Gasteiger partial charge on any atom is 0.161 e. The standard InChI is InChI=1S/C48H62O4/c1-11-31(5)27-49-43-21-17-37(25-45(43)51-29-33(7)13-3)47-41-23-35(9)15-19-39(41)40-20-16-36(10)24-42(40)48(47)38-18-22-44(50-28-32(6)12-2)46(26-38)52-30-34(8)14-4/h15-26,31-34H,11-14,27-30H2,1-10H3. The van der Waals surface area contributed by atoms with Crippen molar-refractivity contribution in [3.63, 3.8) is 0 Å². The molecule has 0 saturated carbocycles. The largest absolute Gasteiger partial charge is 0.489 e. The van der Waals surface area contributed by atoms with Gasteiger partial charge in [0.15, 0.2) is 23.0 Å². The van der Waals surface area contributed by atoms with Crippen LogP contribution in [0.1, 0.15) is 92.2 Å². The molecule has 0 heterocycles. The van der Waals surface area contributed by atoms with Crippen molar-refractivity contribution in [2.75, 3.05) is 26.4 Å². The van der Waals surface area contributed by atoms with E-state index in [-0.39, 0.29) is 0 Å². The first-order valence-electron chi connectivity index (χ1n) is 19.8. The number of fused-ring (bicyclic) bond motifs is 3. The smallest absolute Gasteiger partial charge is 0.161 e. The molecule has 0 fully saturated rings. The van der Waals surface area contributed by atoms with Crippen molar-refractivity contribution in [3.8, 4) is 45.3 Å². The Kier molecular flexibility index (Phi) is 13.5. The molecule has 0 aliphatic heterocycles. The van der Waals surface area contributed by atoms with Gasteiger partial charge in [-0.3, -0.25) is 0 Å². The topological polar surface area (TPSA) is 36.9 Å². The lowest BCUT2D eigenvalue weighted by molar-refractivity contribution is 0.218. The molecule has 0 bridgehead atoms. The molecule has 4 atom stereocenters. The Hall–Kier alpha value is -4.18. The van der Waals surface area contributed by atoms with Gasteiger partial charge in [-0.25, -0.2) is 0 Å². The molecule has 5 aromatic carbocycles. The second-order valence-electron chi connectivity index (χ2n) is 15.5. The lowest BCUT2D eigenvalue weighted by Gasteiger charge is -2.23. The summed E-state index contributed by atoms with van der Waals surface area (Å²) in [7, 11) is 0. The minimum absolute atomic E-state index is 0.434. The zero-order valence-electron chi connectivity index (χ0n) is 33.5. The van der Waals surface area contributed by atoms with E-state index in [1.165, 1.54) is 43.8 Å². The van der Waals surface area contributed by atoms with Crippen molar-refractivity contribution in [1.29, 1.82) is 0 Å². The lowest BCUT2D eigenvalue weighted by Crippen LogP contribution is -2.11. The van der Waals surface area contributed by atoms with Gasteiger partial charge in [-0.05, 0) is 106 Å². The van der Waals surface area contributed by atoms with E-state index in [0.717, 1.165) is 59.8 Å². The predicted octanol–water partition coefficient (Wildman–Crippen LogP) is 13.6. The van der Waals surface area contributed by atoms with Gasteiger partial charge in [-0.15, -0.1) is 0 Å². The maximum absolute atomic E-state index is 6.60. The summed E-state index contributed by atoms with van der Waals surface area (Å²) in [5.41, 5.74) is 7.00. The van der Waals surface area contributed by atoms with E-state index in [4.69, 9.17) is 18.9 Å². The SMILES string of the molecule is CCC(C)COc1ccc(-c2c(-c3ccc(OCC(C)CC)c(OCC(C)CC)c3)c3cc(C)ccc3c3ccc(C)cc23)cc1OCC(C)CC. The van der Waals surface area contributed by atoms with E-state index in [1.54, 1.807) is 0 Å². The highest BCUT2D eigenvalue weighted by atomic mass is 16.5. The summed E-state index contributed by atoms with van der Waals surface area (Å²) in [6.07, 6.45) is 4.24. The molecular formula is C48H62O4. The minimum atomic E-state index is 0.434. The average molecular weight is 703 g/mol. The molecule has 0 aliphatic carbocycles. The molecule has 0 radical (unpaired) electrons. The van der Waals surface area contributed by atoms with Gasteiger partial charge >= 0.3 is 0 Å². The van der Waals surface area contributed by atoms with Gasteiger partial charge in [0.25, 0.3) is 0 Å². The van der Waals surface area contributed by atoms with E-state index >= 15 is 0 Å². The first-order valence-corrected chi connectivity index (χ1v) is 19.8. The van der Waals surface area contributed by atoms with Crippen LogP contribution >= 0.6 is 0 Å². The van der Waals surface area contributed by atoms with Crippen molar-refractivity contribution < 1.29 is 18.9 Å². The van der Waals surface area contributed by atoms with Crippen LogP contribution in [0.15, 0.2) is 72.8 Å². The summed E-state index contributed by atoms with van der Waals surface area (Å²) in [6.45, 7) is 24.7. The molecule has 5 rings (SSSR count). The quantitative estimate of drug-likeness (QED) is 0.0852. The first kappa shape index (κ1) is 39.0. The van der Waals surface area contributed by atoms with Gasteiger partial charge in [0, 0.05) is 0 Å². The zero-order chi connectivity index (χ0) is 37.4. The first-order chi connectivity index (χ1) is 25.1. The van der Waals surface area contributed by atoms with E-state index in [0.29, 0.717) is 50.1 Å². The molecule has 278 valence electrons. The molecule has 4 unspecified atom stereocenters. The Morgan fingerprint density at radius 2 is 0.712 bits per heavy atom. The summed E-state index contributed by atoms with van der Waals surface area (Å²) in [6, 6.07) is 26.8. The third-order valence-corrected chi connectivity index (χ3v) is 10.8. The molecule has 5 aromatic rings. The molecule has 4 heteroatoms. The van der Waals surface area contributed by atoms with E-state index in [9.17, 15) is 0 Å². The molecule has 0 amide bonds. The molecular weight excluding hydrogens is 641 g/mol. The third-order valence-electron chi connectivity index (χ3n) is 10.8. The van der Waals surface area contributed by atoms with Crippen molar-refractivity contribution in [2.24, 2.45) is 23.7 Å². The van der Waals surface area contributed by atoms with Crippen LogP contribution < -0.4 is 18.9 Å². The number of aryl methyl sites for hydroxylation is 2. The Bertz CT molecular complexity index is 1800. The van der Waals surface area contributed by atoms with Gasteiger partial charge in [0.05, 0.1) is 26.4 Å². The van der Waals surface area contributed by atoms with E-state index in [1.807, 2.05) is 0 Å². The van der Waals surface area contributed by atoms with Crippen molar-refractivity contribution in [2.45, 2.75) is 94.9 Å². The normalized spacial score (nSPS) is 13.9. The zero-order valence-corrected chi connectivity index (χ0v) is 33.5. The van der Waals surface area contributed by atoms with Crippen molar-refractivity contribution in [3.05, 3.63) is 83.9 Å². The van der Waals surface area contributed by atoms with Crippen molar-refractivity contribution in [1.82, 2.24) is 0 Å². The molecule has 0 aliphatic rings. The fourth-order valence-corrected chi connectivity index (χ4v) is 6.26. The van der Waals surface area contributed by atoms with Crippen LogP contribution in [0.3, 0.4) is 0 Å². The van der Waals surface area contributed by atoms with Crippen LogP contribution in [0, 0.1) is 37.5 Å². The Balaban J connectivity index is 1.80. The summed E-state index contributed by atoms with van der Waals surface area (Å²) in [5.74, 6) is 4.97. The summed E-state index contributed by atoms with van der Waals surface area (Å²) < 4.78 is 26.1. The second-order valence-corrected chi connectivity index (χ2v) is 15.5. The van der Waals surface area contributed by atoms with Crippen LogP contribution in [0.25, 0.3) is 43.8 Å². The van der Waals surface area contributed by atoms with Crippen LogP contribution in [-0.2, 0) is 0 Å². The summed E-state index contributed by atoms with van der Waals surface area (Å²) in [5, 5.41) is 4.90. The van der Waals surface area contributed by atoms with Crippen LogP contribution in [0.2, 0.25) is 0 Å². The third kappa shape index (κ3) is 9.24. The van der Waals surface area contributed by atoms with E-state index in [2.05, 4.69) is 142 Å². The fraction of sp³-hybridized carbons (Fsp3) is 0.458. The van der Waals surface area contributed by atoms with Crippen LogP contribution in [0.4, 0.5) is 0 Å². The molecule has 0 N–H and O–H groups in total. The number of hydrogen-bond acceptors (Lipinski definition) is 4. The summed E-state index contributed by atoms with van der Waals surface area (Å²) >= 11 is 0. The maximum atomic E-state index is 6.60. The van der Waals surface area contributed by atoms with Crippen molar-refractivity contribution >= 4 is 21.5 Å². The Morgan fingerprint density at radius 3 is 1.04 bits per heavy atom. The van der Waals surface area contributed by atoms with Gasteiger partial charge in [0.1, 0.15) is 0 Å². The highest BCUT2D eigenvalue weighted by molar-refractivity contribution is 6.22. The molecule has 0 spiro atoms. The molecule has 0 saturated heterocycles. The fourth-order valence-electron chi connectivity index (χ4n) is 6.26. The van der Waals surface area contributed by atoms with Gasteiger partial charge < -0.3 is 18.9 Å². The van der Waals surface area contributed by atoms with Gasteiger partial charge in [-0.1, -0.05) is 141 Å².